The second-order valence-corrected chi connectivity index (χ2v) is 3.90. The van der Waals surface area contributed by atoms with E-state index in [0.29, 0.717) is 12.6 Å². The average Bonchev–Trinajstić information content (AvgIpc) is 2.20. The lowest BCUT2D eigenvalue weighted by Gasteiger charge is -2.12. The predicted molar refractivity (Wildman–Crippen MR) is 62.3 cm³/mol. The molecule has 0 bridgehead atoms. The van der Waals surface area contributed by atoms with Crippen molar-refractivity contribution in [2.24, 2.45) is 0 Å². The molecule has 1 atom stereocenters. The summed E-state index contributed by atoms with van der Waals surface area (Å²) in [5, 5.41) is 3.26. The first kappa shape index (κ1) is 11.9. The molecular weight excluding hydrogens is 189 g/mol. The zero-order valence-electron chi connectivity index (χ0n) is 9.39. The van der Waals surface area contributed by atoms with Gasteiger partial charge in [0.15, 0.2) is 0 Å². The van der Waals surface area contributed by atoms with Crippen LogP contribution in [0.1, 0.15) is 24.5 Å². The zero-order chi connectivity index (χ0) is 11.3. The Bertz CT molecular complexity index is 333. The highest BCUT2D eigenvalue weighted by Gasteiger charge is 2.04. The van der Waals surface area contributed by atoms with E-state index in [1.165, 1.54) is 6.07 Å². The van der Waals surface area contributed by atoms with Crippen LogP contribution in [0.4, 0.5) is 4.39 Å². The molecule has 0 aliphatic carbocycles. The zero-order valence-corrected chi connectivity index (χ0v) is 9.39. The quantitative estimate of drug-likeness (QED) is 0.731. The lowest BCUT2D eigenvalue weighted by atomic mass is 10.1. The van der Waals surface area contributed by atoms with Crippen molar-refractivity contribution in [3.8, 4) is 0 Å². The second-order valence-electron chi connectivity index (χ2n) is 3.90. The van der Waals surface area contributed by atoms with Crippen LogP contribution in [0.2, 0.25) is 0 Å². The summed E-state index contributed by atoms with van der Waals surface area (Å²) in [6.45, 7) is 8.28. The monoisotopic (exact) mass is 207 g/mol. The SMILES string of the molecule is C=CCC(C)NCc1cc(C)ccc1F. The molecule has 0 saturated heterocycles. The predicted octanol–water partition coefficient (Wildman–Crippen LogP) is 3.19. The summed E-state index contributed by atoms with van der Waals surface area (Å²) in [6.07, 6.45) is 2.76. The van der Waals surface area contributed by atoms with E-state index in [4.69, 9.17) is 0 Å². The summed E-state index contributed by atoms with van der Waals surface area (Å²) >= 11 is 0. The maximum atomic E-state index is 13.3. The van der Waals surface area contributed by atoms with Crippen LogP contribution in [0, 0.1) is 12.7 Å². The molecule has 0 spiro atoms. The molecule has 0 aliphatic rings. The molecule has 1 unspecified atom stereocenters. The summed E-state index contributed by atoms with van der Waals surface area (Å²) in [6, 6.07) is 5.52. The van der Waals surface area contributed by atoms with E-state index < -0.39 is 0 Å². The molecule has 0 fully saturated rings. The largest absolute Gasteiger partial charge is 0.310 e. The fourth-order valence-corrected chi connectivity index (χ4v) is 1.46. The average molecular weight is 207 g/mol. The molecule has 1 N–H and O–H groups in total. The van der Waals surface area contributed by atoms with Gasteiger partial charge in [-0.25, -0.2) is 4.39 Å². The minimum atomic E-state index is -0.140. The molecule has 82 valence electrons. The Hall–Kier alpha value is -1.15. The van der Waals surface area contributed by atoms with Gasteiger partial charge < -0.3 is 5.32 Å². The van der Waals surface area contributed by atoms with Gasteiger partial charge in [0, 0.05) is 18.2 Å². The summed E-state index contributed by atoms with van der Waals surface area (Å²) in [5.74, 6) is -0.140. The summed E-state index contributed by atoms with van der Waals surface area (Å²) < 4.78 is 13.3. The van der Waals surface area contributed by atoms with Crippen LogP contribution in [0.15, 0.2) is 30.9 Å². The third-order valence-electron chi connectivity index (χ3n) is 2.36. The van der Waals surface area contributed by atoms with Crippen molar-refractivity contribution in [2.75, 3.05) is 0 Å². The van der Waals surface area contributed by atoms with Crippen LogP contribution in [0.5, 0.6) is 0 Å². The van der Waals surface area contributed by atoms with Crippen LogP contribution in [-0.4, -0.2) is 6.04 Å². The minimum absolute atomic E-state index is 0.140. The molecule has 0 radical (unpaired) electrons. The van der Waals surface area contributed by atoms with E-state index in [-0.39, 0.29) is 5.82 Å². The summed E-state index contributed by atoms with van der Waals surface area (Å²) in [4.78, 5) is 0. The number of aryl methyl sites for hydroxylation is 1. The van der Waals surface area contributed by atoms with E-state index in [2.05, 4.69) is 18.8 Å². The Labute approximate surface area is 91.0 Å². The van der Waals surface area contributed by atoms with Crippen LogP contribution < -0.4 is 5.32 Å². The Kier molecular flexibility index (Phi) is 4.50. The van der Waals surface area contributed by atoms with Gasteiger partial charge in [0.25, 0.3) is 0 Å². The molecule has 1 rings (SSSR count). The van der Waals surface area contributed by atoms with Crippen LogP contribution in [-0.2, 0) is 6.54 Å². The fraction of sp³-hybridized carbons (Fsp3) is 0.385. The van der Waals surface area contributed by atoms with Gasteiger partial charge in [-0.3, -0.25) is 0 Å². The maximum absolute atomic E-state index is 13.3. The van der Waals surface area contributed by atoms with Gasteiger partial charge in [0.05, 0.1) is 0 Å². The molecule has 1 aromatic carbocycles. The second kappa shape index (κ2) is 5.66. The Morgan fingerprint density at radius 2 is 2.27 bits per heavy atom. The minimum Gasteiger partial charge on any atom is -0.310 e. The van der Waals surface area contributed by atoms with Crippen molar-refractivity contribution in [2.45, 2.75) is 32.9 Å². The first-order valence-electron chi connectivity index (χ1n) is 5.22. The number of nitrogens with one attached hydrogen (secondary N) is 1. The smallest absolute Gasteiger partial charge is 0.127 e. The number of hydrogen-bond donors (Lipinski definition) is 1. The molecular formula is C13H18FN. The Morgan fingerprint density at radius 3 is 2.93 bits per heavy atom. The van der Waals surface area contributed by atoms with Gasteiger partial charge in [-0.2, -0.15) is 0 Å². The highest BCUT2D eigenvalue weighted by Crippen LogP contribution is 2.10. The lowest BCUT2D eigenvalue weighted by molar-refractivity contribution is 0.531. The number of rotatable bonds is 5. The first-order valence-corrected chi connectivity index (χ1v) is 5.22. The highest BCUT2D eigenvalue weighted by atomic mass is 19.1. The van der Waals surface area contributed by atoms with Crippen molar-refractivity contribution in [3.63, 3.8) is 0 Å². The van der Waals surface area contributed by atoms with E-state index >= 15 is 0 Å². The van der Waals surface area contributed by atoms with E-state index in [1.807, 2.05) is 19.1 Å². The van der Waals surface area contributed by atoms with Crippen LogP contribution >= 0.6 is 0 Å². The number of hydrogen-bond acceptors (Lipinski definition) is 1. The van der Waals surface area contributed by atoms with Gasteiger partial charge in [-0.1, -0.05) is 23.8 Å². The highest BCUT2D eigenvalue weighted by molar-refractivity contribution is 5.23. The maximum Gasteiger partial charge on any atom is 0.127 e. The first-order chi connectivity index (χ1) is 7.13. The molecule has 0 saturated carbocycles. The van der Waals surface area contributed by atoms with Gasteiger partial charge in [0.2, 0.25) is 0 Å². The third-order valence-corrected chi connectivity index (χ3v) is 2.36. The van der Waals surface area contributed by atoms with Crippen molar-refractivity contribution in [3.05, 3.63) is 47.8 Å². The molecule has 2 heteroatoms. The molecule has 1 nitrogen and oxygen atoms in total. The summed E-state index contributed by atoms with van der Waals surface area (Å²) in [7, 11) is 0. The molecule has 0 heterocycles. The normalized spacial score (nSPS) is 12.5. The van der Waals surface area contributed by atoms with Crippen molar-refractivity contribution >= 4 is 0 Å². The van der Waals surface area contributed by atoms with Gasteiger partial charge in [-0.15, -0.1) is 6.58 Å². The van der Waals surface area contributed by atoms with Crippen LogP contribution in [0.25, 0.3) is 0 Å². The lowest BCUT2D eigenvalue weighted by Crippen LogP contribution is -2.25. The van der Waals surface area contributed by atoms with Gasteiger partial charge >= 0.3 is 0 Å². The molecule has 0 amide bonds. The van der Waals surface area contributed by atoms with Gasteiger partial charge in [0.1, 0.15) is 5.82 Å². The standard InChI is InChI=1S/C13H18FN/c1-4-5-11(3)15-9-12-8-10(2)6-7-13(12)14/h4,6-8,11,15H,1,5,9H2,2-3H3. The molecule has 1 aromatic rings. The number of benzene rings is 1. The molecule has 0 aliphatic heterocycles. The van der Waals surface area contributed by atoms with Crippen LogP contribution in [0.3, 0.4) is 0 Å². The van der Waals surface area contributed by atoms with Crippen molar-refractivity contribution < 1.29 is 4.39 Å². The summed E-state index contributed by atoms with van der Waals surface area (Å²) in [5.41, 5.74) is 1.82. The Balaban J connectivity index is 2.56. The van der Waals surface area contributed by atoms with E-state index in [9.17, 15) is 4.39 Å². The number of halogens is 1. The van der Waals surface area contributed by atoms with Crippen molar-refractivity contribution in [1.82, 2.24) is 5.32 Å². The molecule has 15 heavy (non-hydrogen) atoms. The Morgan fingerprint density at radius 1 is 1.53 bits per heavy atom. The topological polar surface area (TPSA) is 12.0 Å². The molecule has 0 aromatic heterocycles. The third kappa shape index (κ3) is 3.84. The van der Waals surface area contributed by atoms with E-state index in [0.717, 1.165) is 17.5 Å². The van der Waals surface area contributed by atoms with E-state index in [1.54, 1.807) is 6.07 Å². The van der Waals surface area contributed by atoms with Gasteiger partial charge in [-0.05, 0) is 26.3 Å². The van der Waals surface area contributed by atoms with Crippen molar-refractivity contribution in [1.29, 1.82) is 0 Å². The fourth-order valence-electron chi connectivity index (χ4n) is 1.46.